The third kappa shape index (κ3) is 3.34. The largest absolute Gasteiger partial charge is 0.352 e. The van der Waals surface area contributed by atoms with Crippen LogP contribution in [0.4, 0.5) is 0 Å². The van der Waals surface area contributed by atoms with Crippen molar-refractivity contribution >= 4 is 16.9 Å². The Morgan fingerprint density at radius 3 is 2.52 bits per heavy atom. The summed E-state index contributed by atoms with van der Waals surface area (Å²) in [6.07, 6.45) is 0. The summed E-state index contributed by atoms with van der Waals surface area (Å²) in [7, 11) is 0. The highest BCUT2D eigenvalue weighted by molar-refractivity contribution is 5.76. The van der Waals surface area contributed by atoms with Gasteiger partial charge < -0.3 is 10.3 Å². The van der Waals surface area contributed by atoms with Gasteiger partial charge in [0.1, 0.15) is 0 Å². The highest BCUT2D eigenvalue weighted by Gasteiger charge is 2.07. The summed E-state index contributed by atoms with van der Waals surface area (Å²) in [5.74, 6) is -0.0465. The summed E-state index contributed by atoms with van der Waals surface area (Å²) in [6.45, 7) is 4.54. The van der Waals surface area contributed by atoms with Crippen LogP contribution in [0.5, 0.6) is 0 Å². The number of aromatic amines is 1. The zero-order valence-corrected chi connectivity index (χ0v) is 13.2. The summed E-state index contributed by atoms with van der Waals surface area (Å²) in [5.41, 5.74) is 4.86. The second-order valence-electron chi connectivity index (χ2n) is 5.76. The van der Waals surface area contributed by atoms with E-state index < -0.39 is 0 Å². The van der Waals surface area contributed by atoms with E-state index in [1.165, 1.54) is 6.92 Å². The molecule has 23 heavy (non-hydrogen) atoms. The number of carbonyl (C=O) groups excluding carboxylic acids is 1. The van der Waals surface area contributed by atoms with Crippen molar-refractivity contribution in [2.45, 2.75) is 26.9 Å². The van der Waals surface area contributed by atoms with Crippen molar-refractivity contribution in [1.29, 1.82) is 0 Å². The van der Waals surface area contributed by atoms with Crippen LogP contribution in [0.1, 0.15) is 23.6 Å². The lowest BCUT2D eigenvalue weighted by atomic mass is 10.1. The number of aromatic nitrogens is 2. The first-order valence-electron chi connectivity index (χ1n) is 7.54. The van der Waals surface area contributed by atoms with Gasteiger partial charge in [0.15, 0.2) is 0 Å². The summed E-state index contributed by atoms with van der Waals surface area (Å²) in [5, 5.41) is 2.77. The molecular formula is C18H19N3O2. The normalized spacial score (nSPS) is 10.9. The van der Waals surface area contributed by atoms with Crippen LogP contribution < -0.4 is 11.0 Å². The fourth-order valence-electron chi connectivity index (χ4n) is 2.59. The summed E-state index contributed by atoms with van der Waals surface area (Å²) < 4.78 is 1.74. The molecule has 0 spiro atoms. The van der Waals surface area contributed by atoms with Crippen molar-refractivity contribution in [2.75, 3.05) is 0 Å². The average molecular weight is 309 g/mol. The summed E-state index contributed by atoms with van der Waals surface area (Å²) in [4.78, 5) is 26.0. The maximum absolute atomic E-state index is 12.2. The molecular weight excluding hydrogens is 290 g/mol. The monoisotopic (exact) mass is 309 g/mol. The Labute approximate surface area is 134 Å². The SMILES string of the molecule is CC(=O)NCc1ccc(Cn2c(=O)[nH]c3ccc(C)cc32)cc1. The molecule has 2 N–H and O–H groups in total. The highest BCUT2D eigenvalue weighted by atomic mass is 16.1. The van der Waals surface area contributed by atoms with E-state index in [0.717, 1.165) is 27.7 Å². The Morgan fingerprint density at radius 2 is 1.83 bits per heavy atom. The highest BCUT2D eigenvalue weighted by Crippen LogP contribution is 2.14. The van der Waals surface area contributed by atoms with E-state index in [1.54, 1.807) is 4.57 Å². The van der Waals surface area contributed by atoms with Crippen molar-refractivity contribution in [3.8, 4) is 0 Å². The number of hydrogen-bond donors (Lipinski definition) is 2. The summed E-state index contributed by atoms with van der Waals surface area (Å²) >= 11 is 0. The Bertz CT molecular complexity index is 904. The molecule has 0 aliphatic heterocycles. The summed E-state index contributed by atoms with van der Waals surface area (Å²) in [6, 6.07) is 13.8. The quantitative estimate of drug-likeness (QED) is 0.776. The van der Waals surface area contributed by atoms with Gasteiger partial charge in [-0.05, 0) is 35.7 Å². The molecule has 5 nitrogen and oxygen atoms in total. The number of nitrogens with zero attached hydrogens (tertiary/aromatic N) is 1. The van der Waals surface area contributed by atoms with Gasteiger partial charge >= 0.3 is 5.69 Å². The molecule has 1 amide bonds. The molecule has 3 aromatic rings. The van der Waals surface area contributed by atoms with Crippen LogP contribution in [-0.2, 0) is 17.9 Å². The molecule has 0 fully saturated rings. The minimum absolute atomic E-state index is 0.0465. The number of rotatable bonds is 4. The molecule has 118 valence electrons. The Kier molecular flexibility index (Phi) is 4.02. The van der Waals surface area contributed by atoms with Gasteiger partial charge in [0, 0.05) is 13.5 Å². The average Bonchev–Trinajstić information content (AvgIpc) is 2.82. The topological polar surface area (TPSA) is 66.9 Å². The lowest BCUT2D eigenvalue weighted by Gasteiger charge is -2.07. The van der Waals surface area contributed by atoms with Gasteiger partial charge in [-0.2, -0.15) is 0 Å². The fourth-order valence-corrected chi connectivity index (χ4v) is 2.59. The van der Waals surface area contributed by atoms with Crippen LogP contribution in [0.2, 0.25) is 0 Å². The first kappa shape index (κ1) is 15.1. The lowest BCUT2D eigenvalue weighted by molar-refractivity contribution is -0.119. The number of carbonyl (C=O) groups is 1. The Balaban J connectivity index is 1.84. The maximum Gasteiger partial charge on any atom is 0.326 e. The predicted octanol–water partition coefficient (Wildman–Crippen LogP) is 2.32. The van der Waals surface area contributed by atoms with Crippen molar-refractivity contribution in [3.05, 3.63) is 69.6 Å². The van der Waals surface area contributed by atoms with Crippen LogP contribution >= 0.6 is 0 Å². The van der Waals surface area contributed by atoms with E-state index in [2.05, 4.69) is 10.3 Å². The van der Waals surface area contributed by atoms with E-state index in [0.29, 0.717) is 13.1 Å². The van der Waals surface area contributed by atoms with Crippen molar-refractivity contribution in [2.24, 2.45) is 0 Å². The van der Waals surface area contributed by atoms with Gasteiger partial charge in [0.2, 0.25) is 5.91 Å². The number of aryl methyl sites for hydroxylation is 1. The van der Waals surface area contributed by atoms with Gasteiger partial charge in [-0.15, -0.1) is 0 Å². The number of fused-ring (bicyclic) bond motifs is 1. The molecule has 0 unspecified atom stereocenters. The van der Waals surface area contributed by atoms with Crippen molar-refractivity contribution in [3.63, 3.8) is 0 Å². The molecule has 1 aromatic heterocycles. The molecule has 5 heteroatoms. The number of H-pyrrole nitrogens is 1. The maximum atomic E-state index is 12.2. The first-order valence-corrected chi connectivity index (χ1v) is 7.54. The van der Waals surface area contributed by atoms with Gasteiger partial charge in [-0.3, -0.25) is 9.36 Å². The molecule has 0 aliphatic carbocycles. The van der Waals surface area contributed by atoms with Crippen molar-refractivity contribution in [1.82, 2.24) is 14.9 Å². The van der Waals surface area contributed by atoms with E-state index >= 15 is 0 Å². The van der Waals surface area contributed by atoms with E-state index in [4.69, 9.17) is 0 Å². The zero-order valence-electron chi connectivity index (χ0n) is 13.2. The van der Waals surface area contributed by atoms with Crippen LogP contribution in [0.25, 0.3) is 11.0 Å². The Morgan fingerprint density at radius 1 is 1.13 bits per heavy atom. The standard InChI is InChI=1S/C18H19N3O2/c1-12-3-8-16-17(9-12)21(18(23)20-16)11-15-6-4-14(5-7-15)10-19-13(2)22/h3-9H,10-11H2,1-2H3,(H,19,22)(H,20,23). The minimum Gasteiger partial charge on any atom is -0.352 e. The number of amides is 1. The predicted molar refractivity (Wildman–Crippen MR) is 90.4 cm³/mol. The number of hydrogen-bond acceptors (Lipinski definition) is 2. The smallest absolute Gasteiger partial charge is 0.326 e. The van der Waals surface area contributed by atoms with Crippen LogP contribution in [0.15, 0.2) is 47.3 Å². The second-order valence-corrected chi connectivity index (χ2v) is 5.76. The second kappa shape index (κ2) is 6.12. The van der Waals surface area contributed by atoms with Crippen LogP contribution in [-0.4, -0.2) is 15.5 Å². The van der Waals surface area contributed by atoms with E-state index in [-0.39, 0.29) is 11.6 Å². The van der Waals surface area contributed by atoms with Crippen molar-refractivity contribution < 1.29 is 4.79 Å². The minimum atomic E-state index is -0.104. The lowest BCUT2D eigenvalue weighted by Crippen LogP contribution is -2.19. The molecule has 0 saturated heterocycles. The zero-order chi connectivity index (χ0) is 16.4. The third-order valence-electron chi connectivity index (χ3n) is 3.84. The Hall–Kier alpha value is -2.82. The molecule has 0 atom stereocenters. The molecule has 0 aliphatic rings. The van der Waals surface area contributed by atoms with Gasteiger partial charge in [-0.1, -0.05) is 30.3 Å². The third-order valence-corrected chi connectivity index (χ3v) is 3.84. The van der Waals surface area contributed by atoms with Gasteiger partial charge in [0.05, 0.1) is 17.6 Å². The number of imidazole rings is 1. The fraction of sp³-hybridized carbons (Fsp3) is 0.222. The van der Waals surface area contributed by atoms with Crippen LogP contribution in [0, 0.1) is 6.92 Å². The van der Waals surface area contributed by atoms with Gasteiger partial charge in [0.25, 0.3) is 0 Å². The first-order chi connectivity index (χ1) is 11.0. The number of nitrogens with one attached hydrogen (secondary N) is 2. The molecule has 2 aromatic carbocycles. The molecule has 1 heterocycles. The molecule has 3 rings (SSSR count). The molecule has 0 saturated carbocycles. The van der Waals surface area contributed by atoms with Gasteiger partial charge in [-0.25, -0.2) is 4.79 Å². The van der Waals surface area contributed by atoms with Crippen LogP contribution in [0.3, 0.4) is 0 Å². The number of benzene rings is 2. The molecule has 0 radical (unpaired) electrons. The van der Waals surface area contributed by atoms with E-state index in [9.17, 15) is 9.59 Å². The van der Waals surface area contributed by atoms with E-state index in [1.807, 2.05) is 49.4 Å². The molecule has 0 bridgehead atoms.